The number of aryl methyl sites for hydroxylation is 1. The maximum Gasteiger partial charge on any atom is 0.229 e. The first-order chi connectivity index (χ1) is 17.7. The van der Waals surface area contributed by atoms with Crippen LogP contribution in [0.25, 0.3) is 22.3 Å². The van der Waals surface area contributed by atoms with Crippen LogP contribution >= 0.6 is 0 Å². The molecular weight excluding hydrogens is 476 g/mol. The van der Waals surface area contributed by atoms with Gasteiger partial charge < -0.3 is 19.9 Å². The van der Waals surface area contributed by atoms with Crippen molar-refractivity contribution in [2.24, 2.45) is 5.92 Å². The maximum absolute atomic E-state index is 14.9. The number of rotatable bonds is 6. The molecule has 1 aliphatic rings. The summed E-state index contributed by atoms with van der Waals surface area (Å²) in [5.41, 5.74) is 1.84. The molecule has 0 spiro atoms. The van der Waals surface area contributed by atoms with Crippen LogP contribution in [0.5, 0.6) is 0 Å². The van der Waals surface area contributed by atoms with Crippen LogP contribution in [0.4, 0.5) is 20.5 Å². The molecule has 4 aromatic rings. The first-order valence-electron chi connectivity index (χ1n) is 12.5. The summed E-state index contributed by atoms with van der Waals surface area (Å²) in [5.74, 6) is 0.257. The molecule has 5 rings (SSSR count). The lowest BCUT2D eigenvalue weighted by Crippen LogP contribution is -2.32. The second kappa shape index (κ2) is 10.1. The SMILES string of the molecule is Cc1nc2c(F)cc(-c3nc(Nc4ccc([C@@H](O)C5CCN(C)CC5)cn4)ncc3F)cc2n1C(C)C. The summed E-state index contributed by atoms with van der Waals surface area (Å²) in [6, 6.07) is 6.55. The molecule has 1 aromatic carbocycles. The van der Waals surface area contributed by atoms with E-state index in [1.165, 1.54) is 6.07 Å². The Morgan fingerprint density at radius 3 is 2.46 bits per heavy atom. The Bertz CT molecular complexity index is 1410. The van der Waals surface area contributed by atoms with Gasteiger partial charge in [-0.25, -0.2) is 28.7 Å². The van der Waals surface area contributed by atoms with Crippen molar-refractivity contribution < 1.29 is 13.9 Å². The van der Waals surface area contributed by atoms with E-state index in [0.717, 1.165) is 37.7 Å². The fourth-order valence-corrected chi connectivity index (χ4v) is 5.07. The Hall–Kier alpha value is -3.50. The number of nitrogens with one attached hydrogen (secondary N) is 1. The predicted octanol–water partition coefficient (Wildman–Crippen LogP) is 5.17. The van der Waals surface area contributed by atoms with Gasteiger partial charge in [-0.05, 0) is 83.4 Å². The lowest BCUT2D eigenvalue weighted by molar-refractivity contribution is 0.0655. The van der Waals surface area contributed by atoms with E-state index in [9.17, 15) is 13.9 Å². The summed E-state index contributed by atoms with van der Waals surface area (Å²) in [7, 11) is 2.09. The first-order valence-corrected chi connectivity index (χ1v) is 12.5. The third kappa shape index (κ3) is 5.03. The molecule has 3 aromatic heterocycles. The summed E-state index contributed by atoms with van der Waals surface area (Å²) in [6.07, 6.45) is 3.99. The minimum Gasteiger partial charge on any atom is -0.388 e. The van der Waals surface area contributed by atoms with Gasteiger partial charge in [0.1, 0.15) is 22.9 Å². The lowest BCUT2D eigenvalue weighted by Gasteiger charge is -2.32. The number of nitrogens with zero attached hydrogens (tertiary/aromatic N) is 6. The fraction of sp³-hybridized carbons (Fsp3) is 0.407. The van der Waals surface area contributed by atoms with E-state index in [-0.39, 0.29) is 29.1 Å². The molecule has 10 heteroatoms. The highest BCUT2D eigenvalue weighted by molar-refractivity contribution is 5.83. The van der Waals surface area contributed by atoms with Gasteiger partial charge in [0.2, 0.25) is 5.95 Å². The number of pyridine rings is 1. The largest absolute Gasteiger partial charge is 0.388 e. The third-order valence-corrected chi connectivity index (χ3v) is 7.04. The monoisotopic (exact) mass is 507 g/mol. The molecule has 0 unspecified atom stereocenters. The van der Waals surface area contributed by atoms with Gasteiger partial charge in [-0.1, -0.05) is 6.07 Å². The summed E-state index contributed by atoms with van der Waals surface area (Å²) >= 11 is 0. The number of aliphatic hydroxyl groups excluding tert-OH is 1. The number of anilines is 2. The number of hydrogen-bond donors (Lipinski definition) is 2. The van der Waals surface area contributed by atoms with Crippen LogP contribution in [-0.2, 0) is 0 Å². The Labute approximate surface area is 214 Å². The van der Waals surface area contributed by atoms with Crippen LogP contribution < -0.4 is 5.32 Å². The highest BCUT2D eigenvalue weighted by Crippen LogP contribution is 2.32. The van der Waals surface area contributed by atoms with Gasteiger partial charge in [-0.3, -0.25) is 0 Å². The molecule has 4 heterocycles. The summed E-state index contributed by atoms with van der Waals surface area (Å²) in [4.78, 5) is 19.3. The van der Waals surface area contributed by atoms with Crippen molar-refractivity contribution in [3.05, 3.63) is 59.7 Å². The molecule has 1 atom stereocenters. The van der Waals surface area contributed by atoms with Crippen LogP contribution in [0.3, 0.4) is 0 Å². The molecule has 0 aliphatic carbocycles. The number of halogens is 2. The number of benzene rings is 1. The Morgan fingerprint density at radius 2 is 1.78 bits per heavy atom. The summed E-state index contributed by atoms with van der Waals surface area (Å²) in [5, 5.41) is 13.8. The van der Waals surface area contributed by atoms with Crippen LogP contribution in [0, 0.1) is 24.5 Å². The highest BCUT2D eigenvalue weighted by atomic mass is 19.1. The van der Waals surface area contributed by atoms with Gasteiger partial charge >= 0.3 is 0 Å². The standard InChI is InChI=1S/C27H31F2N7O/c1-15(2)36-16(3)32-25-20(28)11-19(12-22(25)36)24-21(29)14-31-27(34-24)33-23-6-5-18(13-30-23)26(37)17-7-9-35(4)10-8-17/h5-6,11-15,17,26,37H,7-10H2,1-4H3,(H,30,31,33,34)/t26-/m0/s1. The summed E-state index contributed by atoms with van der Waals surface area (Å²) < 4.78 is 31.6. The average molecular weight is 508 g/mol. The minimum absolute atomic E-state index is 0.0261. The average Bonchev–Trinajstić information content (AvgIpc) is 3.22. The molecule has 194 valence electrons. The minimum atomic E-state index is -0.666. The molecule has 1 fully saturated rings. The number of hydrogen-bond acceptors (Lipinski definition) is 7. The number of aliphatic hydroxyl groups is 1. The molecular formula is C27H31F2N7O. The van der Waals surface area contributed by atoms with Crippen molar-refractivity contribution in [1.29, 1.82) is 0 Å². The van der Waals surface area contributed by atoms with Gasteiger partial charge in [0, 0.05) is 17.8 Å². The molecule has 1 saturated heterocycles. The molecule has 0 radical (unpaired) electrons. The zero-order valence-corrected chi connectivity index (χ0v) is 21.4. The number of likely N-dealkylation sites (tertiary alicyclic amines) is 1. The Morgan fingerprint density at radius 1 is 1.03 bits per heavy atom. The second-order valence-corrected chi connectivity index (χ2v) is 10.0. The lowest BCUT2D eigenvalue weighted by atomic mass is 9.88. The number of piperidine rings is 1. The molecule has 37 heavy (non-hydrogen) atoms. The third-order valence-electron chi connectivity index (χ3n) is 7.04. The highest BCUT2D eigenvalue weighted by Gasteiger charge is 2.25. The van der Waals surface area contributed by atoms with E-state index >= 15 is 0 Å². The van der Waals surface area contributed by atoms with E-state index in [4.69, 9.17) is 0 Å². The van der Waals surface area contributed by atoms with Gasteiger partial charge in [0.25, 0.3) is 0 Å². The second-order valence-electron chi connectivity index (χ2n) is 10.0. The van der Waals surface area contributed by atoms with Gasteiger partial charge in [-0.15, -0.1) is 0 Å². The van der Waals surface area contributed by atoms with Crippen molar-refractivity contribution in [3.63, 3.8) is 0 Å². The number of aromatic nitrogens is 5. The molecule has 1 aliphatic heterocycles. The maximum atomic E-state index is 14.9. The zero-order valence-electron chi connectivity index (χ0n) is 21.4. The van der Waals surface area contributed by atoms with Gasteiger partial charge in [0.05, 0.1) is 17.8 Å². The number of fused-ring (bicyclic) bond motifs is 1. The fourth-order valence-electron chi connectivity index (χ4n) is 5.07. The van der Waals surface area contributed by atoms with E-state index in [0.29, 0.717) is 22.7 Å². The Balaban J connectivity index is 1.39. The van der Waals surface area contributed by atoms with Crippen molar-refractivity contribution in [1.82, 2.24) is 29.4 Å². The van der Waals surface area contributed by atoms with Crippen LogP contribution in [0.15, 0.2) is 36.7 Å². The van der Waals surface area contributed by atoms with Crippen LogP contribution in [0.2, 0.25) is 0 Å². The van der Waals surface area contributed by atoms with Crippen molar-refractivity contribution in [2.75, 3.05) is 25.5 Å². The molecule has 2 N–H and O–H groups in total. The predicted molar refractivity (Wildman–Crippen MR) is 138 cm³/mol. The Kier molecular flexibility index (Phi) is 6.87. The van der Waals surface area contributed by atoms with E-state index in [2.05, 4.69) is 37.2 Å². The van der Waals surface area contributed by atoms with E-state index < -0.39 is 17.7 Å². The molecule has 0 amide bonds. The number of imidazole rings is 1. The molecule has 8 nitrogen and oxygen atoms in total. The quantitative estimate of drug-likeness (QED) is 0.372. The first kappa shape index (κ1) is 25.2. The van der Waals surface area contributed by atoms with Crippen molar-refractivity contribution in [3.8, 4) is 11.3 Å². The van der Waals surface area contributed by atoms with Gasteiger partial charge in [-0.2, -0.15) is 0 Å². The van der Waals surface area contributed by atoms with Crippen molar-refractivity contribution in [2.45, 2.75) is 45.8 Å². The van der Waals surface area contributed by atoms with E-state index in [1.54, 1.807) is 18.3 Å². The topological polar surface area (TPSA) is 92.0 Å². The smallest absolute Gasteiger partial charge is 0.229 e. The molecule has 0 saturated carbocycles. The zero-order chi connectivity index (χ0) is 26.3. The summed E-state index contributed by atoms with van der Waals surface area (Å²) in [6.45, 7) is 7.72. The van der Waals surface area contributed by atoms with Crippen LogP contribution in [-0.4, -0.2) is 54.6 Å². The molecule has 0 bridgehead atoms. The van der Waals surface area contributed by atoms with Crippen molar-refractivity contribution >= 4 is 22.8 Å². The normalized spacial score (nSPS) is 16.0. The van der Waals surface area contributed by atoms with Gasteiger partial charge in [0.15, 0.2) is 11.6 Å². The van der Waals surface area contributed by atoms with E-state index in [1.807, 2.05) is 31.4 Å². The van der Waals surface area contributed by atoms with Crippen LogP contribution in [0.1, 0.15) is 50.2 Å².